The van der Waals surface area contributed by atoms with Crippen LogP contribution in [0, 0.1) is 5.92 Å². The molecule has 1 atom stereocenters. The van der Waals surface area contributed by atoms with Crippen molar-refractivity contribution in [1.29, 1.82) is 0 Å². The third kappa shape index (κ3) is 2.89. The topological polar surface area (TPSA) is 50.4 Å². The van der Waals surface area contributed by atoms with Crippen LogP contribution in [0.3, 0.4) is 0 Å². The van der Waals surface area contributed by atoms with Gasteiger partial charge in [0, 0.05) is 6.04 Å². The van der Waals surface area contributed by atoms with Crippen LogP contribution in [0.15, 0.2) is 24.3 Å². The molecule has 1 amide bonds. The molecule has 2 N–H and O–H groups in total. The Balaban J connectivity index is 1.59. The smallest absolute Gasteiger partial charge is 0.227 e. The van der Waals surface area contributed by atoms with Crippen molar-refractivity contribution < 1.29 is 9.53 Å². The molecule has 0 aromatic heterocycles. The van der Waals surface area contributed by atoms with E-state index in [0.717, 1.165) is 43.7 Å². The summed E-state index contributed by atoms with van der Waals surface area (Å²) in [7, 11) is 0. The lowest BCUT2D eigenvalue weighted by Gasteiger charge is -2.28. The average molecular weight is 260 g/mol. The summed E-state index contributed by atoms with van der Waals surface area (Å²) < 4.78 is 5.67. The lowest BCUT2D eigenvalue weighted by molar-refractivity contribution is -0.127. The maximum atomic E-state index is 12.3. The Bertz CT molecular complexity index is 455. The van der Waals surface area contributed by atoms with Gasteiger partial charge in [0.15, 0.2) is 0 Å². The van der Waals surface area contributed by atoms with Crippen LogP contribution in [0.4, 0.5) is 0 Å². The van der Waals surface area contributed by atoms with Gasteiger partial charge in [-0.25, -0.2) is 0 Å². The molecular formula is C15H20N2O2. The van der Waals surface area contributed by atoms with Crippen LogP contribution >= 0.6 is 0 Å². The van der Waals surface area contributed by atoms with Crippen molar-refractivity contribution in [3.8, 4) is 5.75 Å². The Hall–Kier alpha value is -1.55. The zero-order valence-corrected chi connectivity index (χ0v) is 11.0. The fourth-order valence-electron chi connectivity index (χ4n) is 2.78. The standard InChI is InChI=1S/C15H20N2O2/c18-15(17-13-5-7-16-8-6-13)12-9-11-3-1-2-4-14(11)19-10-12/h1-4,12-13,16H,5-10H2,(H,17,18). The Morgan fingerprint density at radius 2 is 2.05 bits per heavy atom. The average Bonchev–Trinajstić information content (AvgIpc) is 2.48. The van der Waals surface area contributed by atoms with Crippen molar-refractivity contribution in [3.05, 3.63) is 29.8 Å². The fourth-order valence-corrected chi connectivity index (χ4v) is 2.78. The molecule has 3 rings (SSSR count). The van der Waals surface area contributed by atoms with Crippen LogP contribution in [0.1, 0.15) is 18.4 Å². The van der Waals surface area contributed by atoms with E-state index < -0.39 is 0 Å². The Morgan fingerprint density at radius 1 is 1.26 bits per heavy atom. The number of amides is 1. The fraction of sp³-hybridized carbons (Fsp3) is 0.533. The van der Waals surface area contributed by atoms with Gasteiger partial charge in [-0.2, -0.15) is 0 Å². The third-order valence-electron chi connectivity index (χ3n) is 3.94. The van der Waals surface area contributed by atoms with E-state index in [2.05, 4.69) is 10.6 Å². The molecule has 0 radical (unpaired) electrons. The maximum Gasteiger partial charge on any atom is 0.227 e. The van der Waals surface area contributed by atoms with Gasteiger partial charge >= 0.3 is 0 Å². The van der Waals surface area contributed by atoms with Crippen molar-refractivity contribution in [1.82, 2.24) is 10.6 Å². The van der Waals surface area contributed by atoms with E-state index in [9.17, 15) is 4.79 Å². The number of fused-ring (bicyclic) bond motifs is 1. The number of rotatable bonds is 2. The number of para-hydroxylation sites is 1. The molecule has 0 aliphatic carbocycles. The number of benzene rings is 1. The molecule has 102 valence electrons. The summed E-state index contributed by atoms with van der Waals surface area (Å²) in [6, 6.07) is 8.30. The quantitative estimate of drug-likeness (QED) is 0.837. The third-order valence-corrected chi connectivity index (χ3v) is 3.94. The van der Waals surface area contributed by atoms with Crippen LogP contribution in [0.5, 0.6) is 5.75 Å². The minimum absolute atomic E-state index is 0.0511. The van der Waals surface area contributed by atoms with Crippen LogP contribution < -0.4 is 15.4 Å². The van der Waals surface area contributed by atoms with Crippen LogP contribution in [0.2, 0.25) is 0 Å². The van der Waals surface area contributed by atoms with Gasteiger partial charge in [0.1, 0.15) is 12.4 Å². The monoisotopic (exact) mass is 260 g/mol. The number of carbonyl (C=O) groups excluding carboxylic acids is 1. The molecule has 1 fully saturated rings. The number of hydrogen-bond donors (Lipinski definition) is 2. The van der Waals surface area contributed by atoms with Crippen LogP contribution in [-0.4, -0.2) is 31.6 Å². The maximum absolute atomic E-state index is 12.3. The molecule has 4 nitrogen and oxygen atoms in total. The molecule has 4 heteroatoms. The molecule has 0 bridgehead atoms. The molecule has 0 saturated carbocycles. The number of piperidine rings is 1. The Kier molecular flexibility index (Phi) is 3.69. The van der Waals surface area contributed by atoms with Crippen LogP contribution in [0.25, 0.3) is 0 Å². The number of nitrogens with one attached hydrogen (secondary N) is 2. The van der Waals surface area contributed by atoms with Gasteiger partial charge in [0.25, 0.3) is 0 Å². The first-order valence-electron chi connectivity index (χ1n) is 7.05. The van der Waals surface area contributed by atoms with Gasteiger partial charge in [-0.3, -0.25) is 4.79 Å². The van der Waals surface area contributed by atoms with E-state index in [4.69, 9.17) is 4.74 Å². The second kappa shape index (κ2) is 5.61. The van der Waals surface area contributed by atoms with E-state index in [1.54, 1.807) is 0 Å². The number of hydrogen-bond acceptors (Lipinski definition) is 3. The van der Waals surface area contributed by atoms with Crippen molar-refractivity contribution in [2.45, 2.75) is 25.3 Å². The predicted octanol–water partition coefficient (Wildman–Crippen LogP) is 1.11. The molecule has 2 aliphatic heterocycles. The molecule has 0 spiro atoms. The Morgan fingerprint density at radius 3 is 2.89 bits per heavy atom. The second-order valence-electron chi connectivity index (χ2n) is 5.35. The lowest BCUT2D eigenvalue weighted by atomic mass is 9.95. The first-order valence-corrected chi connectivity index (χ1v) is 7.05. The highest BCUT2D eigenvalue weighted by molar-refractivity contribution is 5.79. The summed E-state index contributed by atoms with van der Waals surface area (Å²) in [6.07, 6.45) is 2.83. The van der Waals surface area contributed by atoms with E-state index in [1.165, 1.54) is 0 Å². The largest absolute Gasteiger partial charge is 0.492 e. The minimum atomic E-state index is -0.0511. The summed E-state index contributed by atoms with van der Waals surface area (Å²) in [5.74, 6) is 1.01. The highest BCUT2D eigenvalue weighted by atomic mass is 16.5. The molecule has 1 aromatic carbocycles. The van der Waals surface area contributed by atoms with Gasteiger partial charge in [-0.05, 0) is 44.0 Å². The summed E-state index contributed by atoms with van der Waals surface area (Å²) in [5, 5.41) is 6.46. The minimum Gasteiger partial charge on any atom is -0.492 e. The van der Waals surface area contributed by atoms with Crippen molar-refractivity contribution >= 4 is 5.91 Å². The lowest BCUT2D eigenvalue weighted by Crippen LogP contribution is -2.46. The van der Waals surface area contributed by atoms with Gasteiger partial charge in [0.2, 0.25) is 5.91 Å². The van der Waals surface area contributed by atoms with E-state index >= 15 is 0 Å². The zero-order chi connectivity index (χ0) is 13.1. The SMILES string of the molecule is O=C(NC1CCNCC1)C1COc2ccccc2C1. The van der Waals surface area contributed by atoms with Crippen molar-refractivity contribution in [2.75, 3.05) is 19.7 Å². The summed E-state index contributed by atoms with van der Waals surface area (Å²) >= 11 is 0. The molecule has 2 aliphatic rings. The highest BCUT2D eigenvalue weighted by Gasteiger charge is 2.27. The van der Waals surface area contributed by atoms with E-state index in [0.29, 0.717) is 12.6 Å². The van der Waals surface area contributed by atoms with Gasteiger partial charge in [0.05, 0.1) is 5.92 Å². The number of ether oxygens (including phenoxy) is 1. The van der Waals surface area contributed by atoms with Crippen LogP contribution in [-0.2, 0) is 11.2 Å². The molecule has 1 saturated heterocycles. The van der Waals surface area contributed by atoms with Gasteiger partial charge in [-0.1, -0.05) is 18.2 Å². The summed E-state index contributed by atoms with van der Waals surface area (Å²) in [4.78, 5) is 12.3. The zero-order valence-electron chi connectivity index (χ0n) is 11.0. The first kappa shape index (κ1) is 12.5. The van der Waals surface area contributed by atoms with Gasteiger partial charge in [-0.15, -0.1) is 0 Å². The molecule has 19 heavy (non-hydrogen) atoms. The first-order chi connectivity index (χ1) is 9.33. The van der Waals surface area contributed by atoms with Crippen molar-refractivity contribution in [3.63, 3.8) is 0 Å². The predicted molar refractivity (Wildman–Crippen MR) is 73.2 cm³/mol. The van der Waals surface area contributed by atoms with Crippen molar-refractivity contribution in [2.24, 2.45) is 5.92 Å². The summed E-state index contributed by atoms with van der Waals surface area (Å²) in [5.41, 5.74) is 1.14. The Labute approximate surface area is 113 Å². The molecule has 1 unspecified atom stereocenters. The molecule has 2 heterocycles. The molecular weight excluding hydrogens is 240 g/mol. The van der Waals surface area contributed by atoms with E-state index in [-0.39, 0.29) is 11.8 Å². The second-order valence-corrected chi connectivity index (χ2v) is 5.35. The normalized spacial score (nSPS) is 23.3. The number of carbonyl (C=O) groups is 1. The summed E-state index contributed by atoms with van der Waals surface area (Å²) in [6.45, 7) is 2.48. The van der Waals surface area contributed by atoms with Gasteiger partial charge < -0.3 is 15.4 Å². The highest BCUT2D eigenvalue weighted by Crippen LogP contribution is 2.26. The molecule has 1 aromatic rings. The van der Waals surface area contributed by atoms with E-state index in [1.807, 2.05) is 24.3 Å².